The Hall–Kier alpha value is -2.61. The molecule has 0 unspecified atom stereocenters. The van der Waals surface area contributed by atoms with Gasteiger partial charge in [0.15, 0.2) is 0 Å². The first-order valence-electron chi connectivity index (χ1n) is 10.0. The van der Waals surface area contributed by atoms with Gasteiger partial charge in [0.05, 0.1) is 5.69 Å². The molecule has 2 aromatic heterocycles. The summed E-state index contributed by atoms with van der Waals surface area (Å²) >= 11 is 0. The van der Waals surface area contributed by atoms with Crippen molar-refractivity contribution in [2.75, 3.05) is 0 Å². The number of hydrogen-bond acceptors (Lipinski definition) is 2. The summed E-state index contributed by atoms with van der Waals surface area (Å²) in [5.74, 6) is 0.771. The van der Waals surface area contributed by atoms with E-state index in [1.165, 1.54) is 31.2 Å². The van der Waals surface area contributed by atoms with Gasteiger partial charge in [-0.1, -0.05) is 44.9 Å². The summed E-state index contributed by atoms with van der Waals surface area (Å²) in [5, 5.41) is 2.32. The van der Waals surface area contributed by atoms with Crippen LogP contribution < -0.4 is 0 Å². The fourth-order valence-corrected chi connectivity index (χ4v) is 4.76. The standard InChI is InChI=1S/C25H25NO/c1-25(2,18-7-3-4-8-18)19-13-14-26-22(16-19)17-11-12-24-21(15-17)20-9-5-6-10-23(20)27-24/h5-6,9-16,18H,3-4,7-8H2,1-2H3. The molecule has 1 aliphatic carbocycles. The van der Waals surface area contributed by atoms with Gasteiger partial charge in [0.1, 0.15) is 11.2 Å². The fourth-order valence-electron chi connectivity index (χ4n) is 4.76. The average molecular weight is 355 g/mol. The van der Waals surface area contributed by atoms with Crippen LogP contribution in [0.1, 0.15) is 45.1 Å². The van der Waals surface area contributed by atoms with Crippen molar-refractivity contribution < 1.29 is 4.42 Å². The topological polar surface area (TPSA) is 26.0 Å². The van der Waals surface area contributed by atoms with E-state index in [-0.39, 0.29) is 5.41 Å². The van der Waals surface area contributed by atoms with Crippen LogP contribution in [0.25, 0.3) is 33.2 Å². The first kappa shape index (κ1) is 16.6. The highest BCUT2D eigenvalue weighted by molar-refractivity contribution is 6.06. The molecule has 5 rings (SSSR count). The van der Waals surface area contributed by atoms with Crippen molar-refractivity contribution in [1.29, 1.82) is 0 Å². The van der Waals surface area contributed by atoms with E-state index in [0.29, 0.717) is 0 Å². The van der Waals surface area contributed by atoms with Crippen molar-refractivity contribution in [3.05, 3.63) is 66.4 Å². The number of rotatable bonds is 3. The first-order chi connectivity index (χ1) is 13.1. The van der Waals surface area contributed by atoms with Gasteiger partial charge in [-0.15, -0.1) is 0 Å². The van der Waals surface area contributed by atoms with Crippen LogP contribution >= 0.6 is 0 Å². The third-order valence-electron chi connectivity index (χ3n) is 6.55. The van der Waals surface area contributed by atoms with Gasteiger partial charge in [0.2, 0.25) is 0 Å². The van der Waals surface area contributed by atoms with Crippen LogP contribution in [0.4, 0.5) is 0 Å². The number of fused-ring (bicyclic) bond motifs is 3. The normalized spacial score (nSPS) is 15.8. The maximum absolute atomic E-state index is 5.97. The van der Waals surface area contributed by atoms with Gasteiger partial charge < -0.3 is 4.42 Å². The maximum Gasteiger partial charge on any atom is 0.135 e. The monoisotopic (exact) mass is 355 g/mol. The molecule has 0 amide bonds. The van der Waals surface area contributed by atoms with Crippen LogP contribution in [-0.4, -0.2) is 4.98 Å². The van der Waals surface area contributed by atoms with Crippen LogP contribution in [0.5, 0.6) is 0 Å². The Balaban J connectivity index is 1.59. The number of benzene rings is 2. The van der Waals surface area contributed by atoms with E-state index in [0.717, 1.165) is 39.1 Å². The maximum atomic E-state index is 5.97. The van der Waals surface area contributed by atoms with E-state index in [1.54, 1.807) is 0 Å². The molecule has 1 aliphatic rings. The summed E-state index contributed by atoms with van der Waals surface area (Å²) in [4.78, 5) is 4.69. The number of hydrogen-bond donors (Lipinski definition) is 0. The quantitative estimate of drug-likeness (QED) is 0.391. The molecule has 0 bridgehead atoms. The van der Waals surface area contributed by atoms with Crippen molar-refractivity contribution in [3.8, 4) is 11.3 Å². The van der Waals surface area contributed by atoms with Gasteiger partial charge in [-0.25, -0.2) is 0 Å². The zero-order valence-corrected chi connectivity index (χ0v) is 16.0. The van der Waals surface area contributed by atoms with Gasteiger partial charge in [-0.2, -0.15) is 0 Å². The average Bonchev–Trinajstić information content (AvgIpc) is 3.36. The molecule has 0 saturated heterocycles. The minimum Gasteiger partial charge on any atom is -0.456 e. The second-order valence-corrected chi connectivity index (χ2v) is 8.44. The number of aromatic nitrogens is 1. The Labute approximate surface area is 160 Å². The van der Waals surface area contributed by atoms with Crippen molar-refractivity contribution >= 4 is 21.9 Å². The molecule has 0 atom stereocenters. The van der Waals surface area contributed by atoms with Gasteiger partial charge in [-0.3, -0.25) is 4.98 Å². The molecule has 2 aromatic carbocycles. The van der Waals surface area contributed by atoms with E-state index >= 15 is 0 Å². The van der Waals surface area contributed by atoms with Crippen molar-refractivity contribution in [3.63, 3.8) is 0 Å². The second-order valence-electron chi connectivity index (χ2n) is 8.44. The number of pyridine rings is 1. The smallest absolute Gasteiger partial charge is 0.135 e. The van der Waals surface area contributed by atoms with Crippen LogP contribution in [0.2, 0.25) is 0 Å². The number of nitrogens with zero attached hydrogens (tertiary/aromatic N) is 1. The molecule has 0 aliphatic heterocycles. The van der Waals surface area contributed by atoms with E-state index in [1.807, 2.05) is 18.3 Å². The number of furan rings is 1. The molecule has 27 heavy (non-hydrogen) atoms. The highest BCUT2D eigenvalue weighted by atomic mass is 16.3. The molecule has 0 radical (unpaired) electrons. The van der Waals surface area contributed by atoms with Crippen molar-refractivity contribution in [2.24, 2.45) is 5.92 Å². The lowest BCUT2D eigenvalue weighted by Gasteiger charge is -2.32. The molecule has 2 heterocycles. The summed E-state index contributed by atoms with van der Waals surface area (Å²) < 4.78 is 5.97. The molecule has 2 heteroatoms. The molecule has 0 N–H and O–H groups in total. The van der Waals surface area contributed by atoms with Crippen LogP contribution in [0.3, 0.4) is 0 Å². The summed E-state index contributed by atoms with van der Waals surface area (Å²) in [7, 11) is 0. The molecule has 4 aromatic rings. The summed E-state index contributed by atoms with van der Waals surface area (Å²) in [6, 6.07) is 19.1. The predicted molar refractivity (Wildman–Crippen MR) is 112 cm³/mol. The summed E-state index contributed by atoms with van der Waals surface area (Å²) in [5.41, 5.74) is 5.66. The first-order valence-corrected chi connectivity index (χ1v) is 10.0. The minimum atomic E-state index is 0.195. The lowest BCUT2D eigenvalue weighted by atomic mass is 9.72. The van der Waals surface area contributed by atoms with Gasteiger partial charge >= 0.3 is 0 Å². The Morgan fingerprint density at radius 3 is 2.52 bits per heavy atom. The zero-order chi connectivity index (χ0) is 18.4. The molecular formula is C25H25NO. The predicted octanol–water partition coefficient (Wildman–Crippen LogP) is 7.12. The molecule has 0 spiro atoms. The highest BCUT2D eigenvalue weighted by Crippen LogP contribution is 2.42. The van der Waals surface area contributed by atoms with Crippen LogP contribution in [0, 0.1) is 5.92 Å². The minimum absolute atomic E-state index is 0.195. The van der Waals surface area contributed by atoms with Gasteiger partial charge in [0, 0.05) is 22.5 Å². The molecule has 1 fully saturated rings. The van der Waals surface area contributed by atoms with E-state index in [2.05, 4.69) is 56.3 Å². The molecule has 1 saturated carbocycles. The van der Waals surface area contributed by atoms with Crippen molar-refractivity contribution in [1.82, 2.24) is 4.98 Å². The summed E-state index contributed by atoms with van der Waals surface area (Å²) in [6.07, 6.45) is 7.40. The number of para-hydroxylation sites is 1. The van der Waals surface area contributed by atoms with Crippen LogP contribution in [0.15, 0.2) is 65.2 Å². The Kier molecular flexibility index (Phi) is 3.82. The lowest BCUT2D eigenvalue weighted by Crippen LogP contribution is -2.26. The van der Waals surface area contributed by atoms with E-state index in [9.17, 15) is 0 Å². The van der Waals surface area contributed by atoms with Gasteiger partial charge in [-0.05, 0) is 66.1 Å². The summed E-state index contributed by atoms with van der Waals surface area (Å²) in [6.45, 7) is 4.80. The lowest BCUT2D eigenvalue weighted by molar-refractivity contribution is 0.325. The van der Waals surface area contributed by atoms with Crippen LogP contribution in [-0.2, 0) is 5.41 Å². The SMILES string of the molecule is CC(C)(c1ccnc(-c2ccc3oc4ccccc4c3c2)c1)C1CCCC1. The zero-order valence-electron chi connectivity index (χ0n) is 16.0. The molecule has 136 valence electrons. The fraction of sp³-hybridized carbons (Fsp3) is 0.320. The Morgan fingerprint density at radius 1 is 0.889 bits per heavy atom. The second kappa shape index (κ2) is 6.23. The Bertz CT molecular complexity index is 1120. The van der Waals surface area contributed by atoms with Gasteiger partial charge in [0.25, 0.3) is 0 Å². The molecular weight excluding hydrogens is 330 g/mol. The van der Waals surface area contributed by atoms with Crippen molar-refractivity contribution in [2.45, 2.75) is 44.9 Å². The molecule has 2 nitrogen and oxygen atoms in total. The third-order valence-corrected chi connectivity index (χ3v) is 6.55. The largest absolute Gasteiger partial charge is 0.456 e. The van der Waals surface area contributed by atoms with E-state index < -0.39 is 0 Å². The highest BCUT2D eigenvalue weighted by Gasteiger charge is 2.33. The van der Waals surface area contributed by atoms with E-state index in [4.69, 9.17) is 9.40 Å². The third kappa shape index (κ3) is 2.75. The Morgan fingerprint density at radius 2 is 1.67 bits per heavy atom.